The van der Waals surface area contributed by atoms with Gasteiger partial charge >= 0.3 is 5.97 Å². The Morgan fingerprint density at radius 1 is 1.35 bits per heavy atom. The lowest BCUT2D eigenvalue weighted by Gasteiger charge is -2.11. The van der Waals surface area contributed by atoms with E-state index in [1.54, 1.807) is 6.92 Å². The molecule has 0 unspecified atom stereocenters. The number of carboxylic acids is 1. The summed E-state index contributed by atoms with van der Waals surface area (Å²) in [7, 11) is 0. The fourth-order valence-electron chi connectivity index (χ4n) is 2.85. The van der Waals surface area contributed by atoms with Gasteiger partial charge < -0.3 is 14.8 Å². The Hall–Kier alpha value is -2.15. The Labute approximate surface area is 137 Å². The molecule has 2 heterocycles. The lowest BCUT2D eigenvalue weighted by molar-refractivity contribution is -0.141. The molecule has 1 aliphatic carbocycles. The highest BCUT2D eigenvalue weighted by atomic mass is 32.1. The van der Waals surface area contributed by atoms with Crippen LogP contribution in [0.4, 0.5) is 0 Å². The van der Waals surface area contributed by atoms with Crippen LogP contribution in [0.15, 0.2) is 16.5 Å². The van der Waals surface area contributed by atoms with E-state index in [-0.39, 0.29) is 17.9 Å². The van der Waals surface area contributed by atoms with Crippen LogP contribution in [0.5, 0.6) is 0 Å². The smallest absolute Gasteiger partial charge is 0.306 e. The zero-order valence-electron chi connectivity index (χ0n) is 13.0. The van der Waals surface area contributed by atoms with E-state index in [2.05, 4.69) is 10.3 Å². The third kappa shape index (κ3) is 3.29. The summed E-state index contributed by atoms with van der Waals surface area (Å²) in [6.07, 6.45) is 1.80. The zero-order chi connectivity index (χ0) is 16.6. The molecule has 1 fully saturated rings. The fraction of sp³-hybridized carbons (Fsp3) is 0.438. The predicted molar refractivity (Wildman–Crippen MR) is 85.5 cm³/mol. The number of furan rings is 1. The van der Waals surface area contributed by atoms with Gasteiger partial charge in [0.2, 0.25) is 0 Å². The van der Waals surface area contributed by atoms with Gasteiger partial charge in [-0.05, 0) is 45.2 Å². The van der Waals surface area contributed by atoms with Crippen LogP contribution in [0.25, 0.3) is 10.8 Å². The van der Waals surface area contributed by atoms with Gasteiger partial charge in [0, 0.05) is 6.04 Å². The highest BCUT2D eigenvalue weighted by molar-refractivity contribution is 7.17. The number of thiazole rings is 1. The summed E-state index contributed by atoms with van der Waals surface area (Å²) >= 11 is 1.29. The highest BCUT2D eigenvalue weighted by Gasteiger charge is 2.31. The number of carboxylic acid groups (broad SMARTS) is 1. The van der Waals surface area contributed by atoms with E-state index in [0.29, 0.717) is 40.6 Å². The van der Waals surface area contributed by atoms with E-state index in [1.807, 2.05) is 19.1 Å². The molecule has 0 bridgehead atoms. The van der Waals surface area contributed by atoms with Gasteiger partial charge in [-0.25, -0.2) is 4.98 Å². The van der Waals surface area contributed by atoms with Gasteiger partial charge in [-0.2, -0.15) is 0 Å². The van der Waals surface area contributed by atoms with E-state index < -0.39 is 5.97 Å². The first-order valence-electron chi connectivity index (χ1n) is 7.52. The maximum absolute atomic E-state index is 12.4. The minimum atomic E-state index is -0.786. The summed E-state index contributed by atoms with van der Waals surface area (Å²) in [5.41, 5.74) is 0.657. The molecule has 2 aromatic heterocycles. The van der Waals surface area contributed by atoms with Crippen LogP contribution in [-0.2, 0) is 4.79 Å². The SMILES string of the molecule is Cc1ccc(-c2nc(C)c(C(=O)N[C@@H]3CC[C@H](C(=O)O)C3)s2)o1. The van der Waals surface area contributed by atoms with Gasteiger partial charge in [0.1, 0.15) is 10.6 Å². The van der Waals surface area contributed by atoms with Crippen LogP contribution in [0, 0.1) is 19.8 Å². The first-order chi connectivity index (χ1) is 10.9. The summed E-state index contributed by atoms with van der Waals surface area (Å²) in [5.74, 6) is 0.118. The number of amides is 1. The van der Waals surface area contributed by atoms with E-state index >= 15 is 0 Å². The van der Waals surface area contributed by atoms with E-state index in [1.165, 1.54) is 11.3 Å². The Kier molecular flexibility index (Phi) is 4.21. The number of nitrogens with one attached hydrogen (secondary N) is 1. The van der Waals surface area contributed by atoms with Crippen molar-refractivity contribution < 1.29 is 19.1 Å². The molecule has 2 aromatic rings. The molecule has 2 atom stereocenters. The van der Waals surface area contributed by atoms with Crippen LogP contribution in [0.3, 0.4) is 0 Å². The first kappa shape index (κ1) is 15.7. The molecule has 2 N–H and O–H groups in total. The maximum atomic E-state index is 12.4. The zero-order valence-corrected chi connectivity index (χ0v) is 13.8. The quantitative estimate of drug-likeness (QED) is 0.896. The normalized spacial score (nSPS) is 20.6. The number of nitrogens with zero attached hydrogens (tertiary/aromatic N) is 1. The molecular weight excluding hydrogens is 316 g/mol. The van der Waals surface area contributed by atoms with Crippen molar-refractivity contribution in [2.45, 2.75) is 39.2 Å². The number of hydrogen-bond donors (Lipinski definition) is 2. The summed E-state index contributed by atoms with van der Waals surface area (Å²) in [5, 5.41) is 12.6. The second-order valence-electron chi connectivity index (χ2n) is 5.86. The van der Waals surface area contributed by atoms with Gasteiger partial charge in [0.25, 0.3) is 5.91 Å². The molecule has 23 heavy (non-hydrogen) atoms. The number of rotatable bonds is 4. The van der Waals surface area contributed by atoms with Crippen molar-refractivity contribution in [3.8, 4) is 10.8 Å². The van der Waals surface area contributed by atoms with Crippen LogP contribution in [-0.4, -0.2) is 28.0 Å². The van der Waals surface area contributed by atoms with Crippen molar-refractivity contribution >= 4 is 23.2 Å². The van der Waals surface area contributed by atoms with Crippen molar-refractivity contribution in [2.75, 3.05) is 0 Å². The second-order valence-corrected chi connectivity index (χ2v) is 6.86. The Morgan fingerprint density at radius 2 is 2.13 bits per heavy atom. The third-order valence-corrected chi connectivity index (χ3v) is 5.24. The monoisotopic (exact) mass is 334 g/mol. The summed E-state index contributed by atoms with van der Waals surface area (Å²) in [6, 6.07) is 3.61. The minimum absolute atomic E-state index is 0.0839. The van der Waals surface area contributed by atoms with Gasteiger partial charge in [-0.15, -0.1) is 11.3 Å². The number of aromatic nitrogens is 1. The van der Waals surface area contributed by atoms with E-state index in [0.717, 1.165) is 5.76 Å². The molecule has 0 aliphatic heterocycles. The van der Waals surface area contributed by atoms with Crippen LogP contribution >= 0.6 is 11.3 Å². The van der Waals surface area contributed by atoms with Gasteiger partial charge in [-0.3, -0.25) is 9.59 Å². The molecule has 1 amide bonds. The molecule has 0 spiro atoms. The van der Waals surface area contributed by atoms with Crippen molar-refractivity contribution in [1.29, 1.82) is 0 Å². The third-order valence-electron chi connectivity index (χ3n) is 4.07. The van der Waals surface area contributed by atoms with Crippen LogP contribution in [0.2, 0.25) is 0 Å². The molecule has 1 aliphatic rings. The Balaban J connectivity index is 1.71. The number of hydrogen-bond acceptors (Lipinski definition) is 5. The van der Waals surface area contributed by atoms with E-state index in [9.17, 15) is 9.59 Å². The predicted octanol–water partition coefficient (Wildman–Crippen LogP) is 3.00. The minimum Gasteiger partial charge on any atom is -0.481 e. The lowest BCUT2D eigenvalue weighted by atomic mass is 10.1. The topological polar surface area (TPSA) is 92.4 Å². The van der Waals surface area contributed by atoms with Crippen LogP contribution < -0.4 is 5.32 Å². The molecule has 7 heteroatoms. The number of aliphatic carboxylic acids is 1. The summed E-state index contributed by atoms with van der Waals surface area (Å²) in [6.45, 7) is 3.65. The molecular formula is C16H18N2O4S. The molecule has 1 saturated carbocycles. The van der Waals surface area contributed by atoms with Gasteiger partial charge in [0.05, 0.1) is 11.6 Å². The molecule has 0 radical (unpaired) electrons. The molecule has 0 aromatic carbocycles. The number of aryl methyl sites for hydroxylation is 2. The number of carbonyl (C=O) groups excluding carboxylic acids is 1. The molecule has 122 valence electrons. The number of carbonyl (C=O) groups is 2. The van der Waals surface area contributed by atoms with Crippen molar-refractivity contribution in [1.82, 2.24) is 10.3 Å². The summed E-state index contributed by atoms with van der Waals surface area (Å²) < 4.78 is 5.54. The molecule has 6 nitrogen and oxygen atoms in total. The highest BCUT2D eigenvalue weighted by Crippen LogP contribution is 2.30. The Bertz CT molecular complexity index is 749. The fourth-order valence-corrected chi connectivity index (χ4v) is 3.78. The average Bonchev–Trinajstić information content (AvgIpc) is 3.18. The average molecular weight is 334 g/mol. The largest absolute Gasteiger partial charge is 0.481 e. The lowest BCUT2D eigenvalue weighted by Crippen LogP contribution is -2.33. The standard InChI is InChI=1S/C16H18N2O4S/c1-8-3-6-12(22-8)15-17-9(2)13(23-15)14(19)18-11-5-4-10(7-11)16(20)21/h3,6,10-11H,4-5,7H2,1-2H3,(H,18,19)(H,20,21)/t10-,11+/m0/s1. The molecule has 0 saturated heterocycles. The van der Waals surface area contributed by atoms with Crippen LogP contribution in [0.1, 0.15) is 40.4 Å². The first-order valence-corrected chi connectivity index (χ1v) is 8.33. The second kappa shape index (κ2) is 6.16. The summed E-state index contributed by atoms with van der Waals surface area (Å²) in [4.78, 5) is 28.4. The molecule has 3 rings (SSSR count). The van der Waals surface area contributed by atoms with Gasteiger partial charge in [0.15, 0.2) is 10.8 Å². The van der Waals surface area contributed by atoms with E-state index in [4.69, 9.17) is 9.52 Å². The Morgan fingerprint density at radius 3 is 2.74 bits per heavy atom. The van der Waals surface area contributed by atoms with Crippen molar-refractivity contribution in [2.24, 2.45) is 5.92 Å². The maximum Gasteiger partial charge on any atom is 0.306 e. The van der Waals surface area contributed by atoms with Crippen molar-refractivity contribution in [3.05, 3.63) is 28.5 Å². The van der Waals surface area contributed by atoms with Crippen molar-refractivity contribution in [3.63, 3.8) is 0 Å². The van der Waals surface area contributed by atoms with Gasteiger partial charge in [-0.1, -0.05) is 0 Å².